The predicted molar refractivity (Wildman–Crippen MR) is 96.8 cm³/mol. The zero-order valence-corrected chi connectivity index (χ0v) is 16.1. The van der Waals surface area contributed by atoms with Gasteiger partial charge in [0.2, 0.25) is 0 Å². The summed E-state index contributed by atoms with van der Waals surface area (Å²) < 4.78 is 80.7. The maximum absolute atomic E-state index is 13.1. The first-order valence-corrected chi connectivity index (χ1v) is 8.76. The minimum Gasteiger partial charge on any atom is -0.497 e. The molecular weight excluding hydrogens is 429 g/mol. The second-order valence-corrected chi connectivity index (χ2v) is 7.67. The van der Waals surface area contributed by atoms with Crippen molar-refractivity contribution in [3.05, 3.63) is 65.8 Å². The molecule has 0 spiro atoms. The molecule has 1 fully saturated rings. The molecule has 0 aliphatic heterocycles. The third kappa shape index (κ3) is 5.26. The van der Waals surface area contributed by atoms with Crippen LogP contribution in [0.2, 0.25) is 0 Å². The highest BCUT2D eigenvalue weighted by molar-refractivity contribution is 6.52. The van der Waals surface area contributed by atoms with Gasteiger partial charge in [-0.25, -0.2) is 0 Å². The molecule has 0 aromatic heterocycles. The molecule has 0 saturated heterocycles. The summed E-state index contributed by atoms with van der Waals surface area (Å²) in [6.07, 6.45) is -8.93. The van der Waals surface area contributed by atoms with Crippen LogP contribution in [0, 0.1) is 5.92 Å². The summed E-state index contributed by atoms with van der Waals surface area (Å²) in [5, 5.41) is 0. The summed E-state index contributed by atoms with van der Waals surface area (Å²) in [5.41, 5.74) is -0.838. The molecule has 2 atom stereocenters. The average molecular weight is 445 g/mol. The Hall–Kier alpha value is -1.60. The van der Waals surface area contributed by atoms with Gasteiger partial charge in [-0.15, -0.1) is 23.2 Å². The van der Waals surface area contributed by atoms with E-state index in [4.69, 9.17) is 27.9 Å². The third-order valence-corrected chi connectivity index (χ3v) is 5.27. The smallest absolute Gasteiger partial charge is 0.416 e. The van der Waals surface area contributed by atoms with Crippen molar-refractivity contribution in [2.24, 2.45) is 5.92 Å². The van der Waals surface area contributed by atoms with Gasteiger partial charge in [0.1, 0.15) is 10.1 Å². The largest absolute Gasteiger partial charge is 0.497 e. The summed E-state index contributed by atoms with van der Waals surface area (Å²) in [4.78, 5) is 0. The molecule has 28 heavy (non-hydrogen) atoms. The van der Waals surface area contributed by atoms with Crippen LogP contribution in [0.3, 0.4) is 0 Å². The maximum Gasteiger partial charge on any atom is 0.416 e. The van der Waals surface area contributed by atoms with E-state index in [9.17, 15) is 26.3 Å². The molecule has 0 radical (unpaired) electrons. The van der Waals surface area contributed by atoms with Crippen LogP contribution in [0.15, 0.2) is 60.2 Å². The number of halogens is 8. The number of ether oxygens (including phenoxy) is 1. The molecule has 1 aliphatic carbocycles. The highest BCUT2D eigenvalue weighted by Gasteiger charge is 2.64. The zero-order valence-electron chi connectivity index (χ0n) is 14.5. The standard InChI is InChI=1S/C19H16Cl2F6O/c1-3-13(19(25,26)27)10-12(8-9-17(22,23)24)16-15(18(16,20)21)11-4-6-14(28-2)7-5-11/h3-8,10,15-16H,1,9H2,2H3/b12-8+,13-10+. The number of methoxy groups -OCH3 is 1. The second kappa shape index (κ2) is 8.03. The Bertz CT molecular complexity index is 775. The van der Waals surface area contributed by atoms with E-state index >= 15 is 0 Å². The van der Waals surface area contributed by atoms with Gasteiger partial charge < -0.3 is 4.74 Å². The van der Waals surface area contributed by atoms with Gasteiger partial charge in [0.05, 0.1) is 19.1 Å². The lowest BCUT2D eigenvalue weighted by Crippen LogP contribution is -2.11. The molecule has 0 N–H and O–H groups in total. The molecule has 0 heterocycles. The van der Waals surface area contributed by atoms with E-state index in [1.165, 1.54) is 7.11 Å². The summed E-state index contributed by atoms with van der Waals surface area (Å²) in [7, 11) is 1.46. The van der Waals surface area contributed by atoms with Crippen molar-refractivity contribution >= 4 is 23.2 Å². The molecule has 0 bridgehead atoms. The number of alkyl halides is 8. The van der Waals surface area contributed by atoms with Crippen molar-refractivity contribution in [2.45, 2.75) is 29.0 Å². The first-order chi connectivity index (χ1) is 12.8. The molecule has 1 aromatic rings. The number of benzene rings is 1. The van der Waals surface area contributed by atoms with E-state index in [2.05, 4.69) is 6.58 Å². The van der Waals surface area contributed by atoms with Crippen LogP contribution in [0.1, 0.15) is 17.9 Å². The Morgan fingerprint density at radius 1 is 1.14 bits per heavy atom. The van der Waals surface area contributed by atoms with Gasteiger partial charge in [-0.05, 0) is 29.3 Å². The van der Waals surface area contributed by atoms with Crippen molar-refractivity contribution in [3.8, 4) is 5.75 Å². The summed E-state index contributed by atoms with van der Waals surface area (Å²) in [6, 6.07) is 6.45. The molecule has 1 aliphatic rings. The van der Waals surface area contributed by atoms with Crippen LogP contribution in [0.4, 0.5) is 26.3 Å². The highest BCUT2D eigenvalue weighted by Crippen LogP contribution is 2.68. The Labute approximate surface area is 168 Å². The molecule has 2 unspecified atom stereocenters. The van der Waals surface area contributed by atoms with E-state index in [-0.39, 0.29) is 5.57 Å². The average Bonchev–Trinajstić information content (AvgIpc) is 3.15. The molecule has 154 valence electrons. The van der Waals surface area contributed by atoms with Crippen molar-refractivity contribution in [3.63, 3.8) is 0 Å². The number of rotatable bonds is 6. The molecule has 0 amide bonds. The molecule has 1 saturated carbocycles. The Kier molecular flexibility index (Phi) is 6.50. The van der Waals surface area contributed by atoms with Gasteiger partial charge in [0, 0.05) is 11.8 Å². The first-order valence-electron chi connectivity index (χ1n) is 8.01. The van der Waals surface area contributed by atoms with Gasteiger partial charge >= 0.3 is 12.4 Å². The normalized spacial score (nSPS) is 22.8. The molecular formula is C19H16Cl2F6O. The Balaban J connectivity index is 2.44. The van der Waals surface area contributed by atoms with Crippen LogP contribution < -0.4 is 4.74 Å². The van der Waals surface area contributed by atoms with Crippen LogP contribution in [0.5, 0.6) is 5.75 Å². The quantitative estimate of drug-likeness (QED) is 0.257. The molecule has 1 aromatic carbocycles. The lowest BCUT2D eigenvalue weighted by Gasteiger charge is -2.11. The predicted octanol–water partition coefficient (Wildman–Crippen LogP) is 7.14. The first kappa shape index (κ1) is 22.7. The van der Waals surface area contributed by atoms with Crippen LogP contribution in [-0.2, 0) is 0 Å². The molecule has 2 rings (SSSR count). The van der Waals surface area contributed by atoms with Crippen molar-refractivity contribution in [1.29, 1.82) is 0 Å². The SMILES string of the molecule is C=C/C(=C\C(=C/CC(F)(F)F)C1C(c2ccc(OC)cc2)C1(Cl)Cl)C(F)(F)F. The summed E-state index contributed by atoms with van der Waals surface area (Å²) >= 11 is 12.5. The molecule has 9 heteroatoms. The van der Waals surface area contributed by atoms with Crippen LogP contribution in [0.25, 0.3) is 0 Å². The van der Waals surface area contributed by atoms with E-state index < -0.39 is 40.5 Å². The van der Waals surface area contributed by atoms with Crippen molar-refractivity contribution < 1.29 is 31.1 Å². The molecule has 1 nitrogen and oxygen atoms in total. The number of hydrogen-bond donors (Lipinski definition) is 0. The van der Waals surface area contributed by atoms with E-state index in [0.29, 0.717) is 29.5 Å². The number of allylic oxidation sites excluding steroid dienone is 5. The van der Waals surface area contributed by atoms with Crippen LogP contribution in [-0.4, -0.2) is 23.8 Å². The summed E-state index contributed by atoms with van der Waals surface area (Å²) in [6.45, 7) is 3.08. The topological polar surface area (TPSA) is 9.23 Å². The minimum absolute atomic E-state index is 0.240. The monoisotopic (exact) mass is 444 g/mol. The minimum atomic E-state index is -4.77. The van der Waals surface area contributed by atoms with Gasteiger partial charge in [-0.2, -0.15) is 26.3 Å². The van der Waals surface area contributed by atoms with Crippen molar-refractivity contribution in [1.82, 2.24) is 0 Å². The fourth-order valence-electron chi connectivity index (χ4n) is 2.91. The fourth-order valence-corrected chi connectivity index (χ4v) is 3.79. The van der Waals surface area contributed by atoms with Crippen molar-refractivity contribution in [2.75, 3.05) is 7.11 Å². The van der Waals surface area contributed by atoms with Gasteiger partial charge in [-0.1, -0.05) is 30.9 Å². The van der Waals surface area contributed by atoms with Gasteiger partial charge in [0.15, 0.2) is 0 Å². The van der Waals surface area contributed by atoms with E-state index in [1.807, 2.05) is 0 Å². The Morgan fingerprint density at radius 3 is 2.14 bits per heavy atom. The lowest BCUT2D eigenvalue weighted by atomic mass is 10.0. The van der Waals surface area contributed by atoms with Gasteiger partial charge in [0.25, 0.3) is 0 Å². The lowest BCUT2D eigenvalue weighted by molar-refractivity contribution is -0.125. The maximum atomic E-state index is 13.1. The number of hydrogen-bond acceptors (Lipinski definition) is 1. The second-order valence-electron chi connectivity index (χ2n) is 6.23. The van der Waals surface area contributed by atoms with E-state index in [0.717, 1.165) is 0 Å². The van der Waals surface area contributed by atoms with E-state index in [1.54, 1.807) is 24.3 Å². The van der Waals surface area contributed by atoms with Crippen LogP contribution >= 0.6 is 23.2 Å². The summed E-state index contributed by atoms with van der Waals surface area (Å²) in [5.74, 6) is -1.07. The fraction of sp³-hybridized carbons (Fsp3) is 0.368. The Morgan fingerprint density at radius 2 is 1.71 bits per heavy atom. The van der Waals surface area contributed by atoms with Gasteiger partial charge in [-0.3, -0.25) is 0 Å². The zero-order chi connectivity index (χ0) is 21.3. The third-order valence-electron chi connectivity index (χ3n) is 4.33. The highest BCUT2D eigenvalue weighted by atomic mass is 35.5.